The van der Waals surface area contributed by atoms with Gasteiger partial charge in [0.2, 0.25) is 5.91 Å². The number of methoxy groups -OCH3 is 1. The predicted octanol–water partition coefficient (Wildman–Crippen LogP) is 3.59. The molecule has 0 saturated carbocycles. The first-order valence-corrected chi connectivity index (χ1v) is 10.3. The number of benzene rings is 2. The Hall–Kier alpha value is -3.06. The largest absolute Gasteiger partial charge is 0.497 e. The molecule has 1 amide bonds. The van der Waals surface area contributed by atoms with Gasteiger partial charge in [-0.15, -0.1) is 16.8 Å². The summed E-state index contributed by atoms with van der Waals surface area (Å²) in [5.41, 5.74) is 2.10. The monoisotopic (exact) mass is 408 g/mol. The van der Waals surface area contributed by atoms with Crippen LogP contribution in [0.3, 0.4) is 0 Å². The van der Waals surface area contributed by atoms with Gasteiger partial charge in [0, 0.05) is 18.7 Å². The zero-order valence-electron chi connectivity index (χ0n) is 16.4. The Kier molecular flexibility index (Phi) is 7.47. The van der Waals surface area contributed by atoms with Gasteiger partial charge >= 0.3 is 0 Å². The summed E-state index contributed by atoms with van der Waals surface area (Å²) >= 11 is 1.37. The lowest BCUT2D eigenvalue weighted by Crippen LogP contribution is -2.27. The smallest absolute Gasteiger partial charge is 0.230 e. The first-order chi connectivity index (χ1) is 14.2. The van der Waals surface area contributed by atoms with Gasteiger partial charge in [-0.2, -0.15) is 0 Å². The SMILES string of the molecule is C=CCn1c(SCC(=O)NCCc2ccccc2)nnc1-c1cccc(OC)c1. The molecule has 3 rings (SSSR count). The lowest BCUT2D eigenvalue weighted by molar-refractivity contribution is -0.118. The van der Waals surface area contributed by atoms with E-state index in [1.54, 1.807) is 13.2 Å². The molecule has 29 heavy (non-hydrogen) atoms. The van der Waals surface area contributed by atoms with E-state index in [1.807, 2.05) is 47.0 Å². The van der Waals surface area contributed by atoms with Gasteiger partial charge in [-0.25, -0.2) is 0 Å². The van der Waals surface area contributed by atoms with E-state index in [-0.39, 0.29) is 11.7 Å². The van der Waals surface area contributed by atoms with E-state index in [4.69, 9.17) is 4.74 Å². The fourth-order valence-corrected chi connectivity index (χ4v) is 3.61. The molecule has 0 aliphatic heterocycles. The van der Waals surface area contributed by atoms with Gasteiger partial charge in [0.25, 0.3) is 0 Å². The second kappa shape index (κ2) is 10.5. The normalized spacial score (nSPS) is 10.5. The van der Waals surface area contributed by atoms with Gasteiger partial charge in [-0.3, -0.25) is 9.36 Å². The van der Waals surface area contributed by atoms with E-state index in [0.717, 1.165) is 23.6 Å². The molecule has 0 spiro atoms. The average molecular weight is 409 g/mol. The van der Waals surface area contributed by atoms with Crippen LogP contribution in [0.25, 0.3) is 11.4 Å². The van der Waals surface area contributed by atoms with E-state index in [9.17, 15) is 4.79 Å². The highest BCUT2D eigenvalue weighted by molar-refractivity contribution is 7.99. The molecule has 0 radical (unpaired) electrons. The standard InChI is InChI=1S/C22H24N4O2S/c1-3-14-26-21(18-10-7-11-19(15-18)28-2)24-25-22(26)29-16-20(27)23-13-12-17-8-5-4-6-9-17/h3-11,15H,1,12-14,16H2,2H3,(H,23,27). The number of hydrogen-bond acceptors (Lipinski definition) is 5. The highest BCUT2D eigenvalue weighted by atomic mass is 32.2. The highest BCUT2D eigenvalue weighted by Gasteiger charge is 2.15. The Morgan fingerprint density at radius 1 is 1.21 bits per heavy atom. The summed E-state index contributed by atoms with van der Waals surface area (Å²) < 4.78 is 7.24. The molecule has 0 aliphatic carbocycles. The number of carbonyl (C=O) groups excluding carboxylic acids is 1. The van der Waals surface area contributed by atoms with Crippen LogP contribution in [-0.4, -0.2) is 40.1 Å². The van der Waals surface area contributed by atoms with Crippen LogP contribution in [0.4, 0.5) is 0 Å². The van der Waals surface area contributed by atoms with Crippen LogP contribution >= 0.6 is 11.8 Å². The average Bonchev–Trinajstić information content (AvgIpc) is 3.16. The molecule has 0 fully saturated rings. The van der Waals surface area contributed by atoms with Crippen molar-refractivity contribution in [2.75, 3.05) is 19.4 Å². The topological polar surface area (TPSA) is 69.0 Å². The minimum atomic E-state index is -0.0259. The molecule has 7 heteroatoms. The third-order valence-electron chi connectivity index (χ3n) is 4.27. The summed E-state index contributed by atoms with van der Waals surface area (Å²) in [4.78, 5) is 12.2. The Balaban J connectivity index is 1.60. The van der Waals surface area contributed by atoms with Crippen molar-refractivity contribution in [3.05, 3.63) is 72.8 Å². The lowest BCUT2D eigenvalue weighted by atomic mass is 10.1. The van der Waals surface area contributed by atoms with Gasteiger partial charge in [0.1, 0.15) is 5.75 Å². The highest BCUT2D eigenvalue weighted by Crippen LogP contribution is 2.26. The van der Waals surface area contributed by atoms with E-state index >= 15 is 0 Å². The summed E-state index contributed by atoms with van der Waals surface area (Å²) in [6, 6.07) is 17.8. The first-order valence-electron chi connectivity index (χ1n) is 9.33. The van der Waals surface area contributed by atoms with E-state index in [2.05, 4.69) is 34.2 Å². The molecule has 1 aromatic heterocycles. The Bertz CT molecular complexity index is 956. The zero-order chi connectivity index (χ0) is 20.5. The second-order valence-corrected chi connectivity index (χ2v) is 7.25. The molecule has 3 aromatic rings. The van der Waals surface area contributed by atoms with Crippen LogP contribution in [-0.2, 0) is 17.8 Å². The summed E-state index contributed by atoms with van der Waals surface area (Å²) in [5.74, 6) is 1.72. The number of carbonyl (C=O) groups is 1. The minimum Gasteiger partial charge on any atom is -0.497 e. The third kappa shape index (κ3) is 5.71. The summed E-state index contributed by atoms with van der Waals surface area (Å²) in [7, 11) is 1.63. The molecule has 150 valence electrons. The van der Waals surface area contributed by atoms with Crippen molar-refractivity contribution < 1.29 is 9.53 Å². The van der Waals surface area contributed by atoms with Gasteiger partial charge in [0.15, 0.2) is 11.0 Å². The van der Waals surface area contributed by atoms with Crippen LogP contribution < -0.4 is 10.1 Å². The number of nitrogens with zero attached hydrogens (tertiary/aromatic N) is 3. The van der Waals surface area contributed by atoms with E-state index < -0.39 is 0 Å². The number of aromatic nitrogens is 3. The number of hydrogen-bond donors (Lipinski definition) is 1. The van der Waals surface area contributed by atoms with Crippen molar-refractivity contribution in [1.29, 1.82) is 0 Å². The van der Waals surface area contributed by atoms with Crippen molar-refractivity contribution in [3.63, 3.8) is 0 Å². The van der Waals surface area contributed by atoms with Crippen molar-refractivity contribution >= 4 is 17.7 Å². The van der Waals surface area contributed by atoms with Crippen LogP contribution in [0.15, 0.2) is 72.4 Å². The zero-order valence-corrected chi connectivity index (χ0v) is 17.2. The van der Waals surface area contributed by atoms with Gasteiger partial charge in [0.05, 0.1) is 12.9 Å². The van der Waals surface area contributed by atoms with Crippen LogP contribution in [0.1, 0.15) is 5.56 Å². The number of ether oxygens (including phenoxy) is 1. The number of amides is 1. The molecule has 1 N–H and O–H groups in total. The molecule has 0 bridgehead atoms. The summed E-state index contributed by atoms with van der Waals surface area (Å²) in [6.45, 7) is 4.98. The van der Waals surface area contributed by atoms with Gasteiger partial charge < -0.3 is 10.1 Å². The van der Waals surface area contributed by atoms with E-state index in [0.29, 0.717) is 18.2 Å². The number of nitrogens with one attached hydrogen (secondary N) is 1. The van der Waals surface area contributed by atoms with Crippen LogP contribution in [0, 0.1) is 0 Å². The number of thioether (sulfide) groups is 1. The van der Waals surface area contributed by atoms with Gasteiger partial charge in [-0.05, 0) is 24.1 Å². The fourth-order valence-electron chi connectivity index (χ4n) is 2.84. The van der Waals surface area contributed by atoms with Crippen molar-refractivity contribution in [2.24, 2.45) is 0 Å². The van der Waals surface area contributed by atoms with Gasteiger partial charge in [-0.1, -0.05) is 60.3 Å². The molecule has 0 atom stereocenters. The number of rotatable bonds is 10. The molecular weight excluding hydrogens is 384 g/mol. The van der Waals surface area contributed by atoms with Crippen molar-refractivity contribution in [1.82, 2.24) is 20.1 Å². The third-order valence-corrected chi connectivity index (χ3v) is 5.23. The van der Waals surface area contributed by atoms with E-state index in [1.165, 1.54) is 17.3 Å². The second-order valence-electron chi connectivity index (χ2n) is 6.31. The molecular formula is C22H24N4O2S. The maximum atomic E-state index is 12.2. The van der Waals surface area contributed by atoms with Crippen molar-refractivity contribution in [3.8, 4) is 17.1 Å². The number of allylic oxidation sites excluding steroid dienone is 1. The summed E-state index contributed by atoms with van der Waals surface area (Å²) in [5, 5.41) is 12.2. The Labute approximate surface area is 175 Å². The first kappa shape index (κ1) is 20.7. The summed E-state index contributed by atoms with van der Waals surface area (Å²) in [6.07, 6.45) is 2.60. The molecule has 0 aliphatic rings. The molecule has 2 aromatic carbocycles. The quantitative estimate of drug-likeness (QED) is 0.410. The molecule has 1 heterocycles. The van der Waals surface area contributed by atoms with Crippen LogP contribution in [0.5, 0.6) is 5.75 Å². The molecule has 6 nitrogen and oxygen atoms in total. The maximum absolute atomic E-state index is 12.2. The predicted molar refractivity (Wildman–Crippen MR) is 116 cm³/mol. The molecule has 0 unspecified atom stereocenters. The Morgan fingerprint density at radius 2 is 2.03 bits per heavy atom. The minimum absolute atomic E-state index is 0.0259. The maximum Gasteiger partial charge on any atom is 0.230 e. The van der Waals surface area contributed by atoms with Crippen LogP contribution in [0.2, 0.25) is 0 Å². The molecule has 0 saturated heterocycles. The lowest BCUT2D eigenvalue weighted by Gasteiger charge is -2.09. The Morgan fingerprint density at radius 3 is 2.79 bits per heavy atom. The fraction of sp³-hybridized carbons (Fsp3) is 0.227. The van der Waals surface area contributed by atoms with Crippen molar-refractivity contribution in [2.45, 2.75) is 18.1 Å².